The van der Waals surface area contributed by atoms with Crippen molar-refractivity contribution in [3.05, 3.63) is 34.3 Å². The Morgan fingerprint density at radius 1 is 1.54 bits per heavy atom. The smallest absolute Gasteiger partial charge is 0.133 e. The molecule has 0 fully saturated rings. The van der Waals surface area contributed by atoms with Gasteiger partial charge in [-0.2, -0.15) is 0 Å². The Morgan fingerprint density at radius 2 is 2.15 bits per heavy atom. The zero-order chi connectivity index (χ0) is 9.84. The quantitative estimate of drug-likeness (QED) is 0.797. The molecular formula is C10H10BrFO. The average Bonchev–Trinajstić information content (AvgIpc) is 2.03. The van der Waals surface area contributed by atoms with E-state index in [-0.39, 0.29) is 12.2 Å². The summed E-state index contributed by atoms with van der Waals surface area (Å²) in [7, 11) is 0. The molecule has 0 aliphatic heterocycles. The van der Waals surface area contributed by atoms with Crippen LogP contribution >= 0.6 is 15.9 Å². The zero-order valence-corrected chi connectivity index (χ0v) is 8.84. The van der Waals surface area contributed by atoms with E-state index in [1.54, 1.807) is 18.2 Å². The van der Waals surface area contributed by atoms with E-state index < -0.39 is 6.17 Å². The van der Waals surface area contributed by atoms with Crippen LogP contribution in [0.25, 0.3) is 0 Å². The van der Waals surface area contributed by atoms with Crippen LogP contribution in [0.5, 0.6) is 0 Å². The topological polar surface area (TPSA) is 17.1 Å². The summed E-state index contributed by atoms with van der Waals surface area (Å²) >= 11 is 3.24. The Morgan fingerprint density at radius 3 is 2.69 bits per heavy atom. The van der Waals surface area contributed by atoms with Crippen LogP contribution < -0.4 is 0 Å². The normalized spacial score (nSPS) is 12.5. The second-order valence-corrected chi connectivity index (χ2v) is 3.75. The number of rotatable bonds is 3. The Bertz CT molecular complexity index is 312. The minimum Gasteiger partial charge on any atom is -0.300 e. The van der Waals surface area contributed by atoms with Gasteiger partial charge in [0.05, 0.1) is 0 Å². The van der Waals surface area contributed by atoms with E-state index in [1.807, 2.05) is 6.07 Å². The Hall–Kier alpha value is -0.700. The van der Waals surface area contributed by atoms with Gasteiger partial charge in [0, 0.05) is 16.5 Å². The number of halogens is 2. The molecule has 0 radical (unpaired) electrons. The van der Waals surface area contributed by atoms with Crippen molar-refractivity contribution in [3.8, 4) is 0 Å². The largest absolute Gasteiger partial charge is 0.300 e. The third-order valence-electron chi connectivity index (χ3n) is 1.71. The molecule has 0 aromatic heterocycles. The summed E-state index contributed by atoms with van der Waals surface area (Å²) in [6.07, 6.45) is -1.25. The Kier molecular flexibility index (Phi) is 3.60. The minimum absolute atomic E-state index is 0.0530. The Balaban J connectivity index is 2.82. The van der Waals surface area contributed by atoms with Gasteiger partial charge in [-0.05, 0) is 13.0 Å². The van der Waals surface area contributed by atoms with E-state index >= 15 is 0 Å². The molecule has 13 heavy (non-hydrogen) atoms. The summed E-state index contributed by atoms with van der Waals surface area (Å²) in [5, 5.41) is 0. The van der Waals surface area contributed by atoms with Gasteiger partial charge in [-0.1, -0.05) is 34.1 Å². The number of benzene rings is 1. The van der Waals surface area contributed by atoms with E-state index in [2.05, 4.69) is 15.9 Å². The first-order valence-electron chi connectivity index (χ1n) is 3.99. The highest BCUT2D eigenvalue weighted by atomic mass is 79.9. The number of hydrogen-bond acceptors (Lipinski definition) is 1. The van der Waals surface area contributed by atoms with Gasteiger partial charge < -0.3 is 0 Å². The summed E-state index contributed by atoms with van der Waals surface area (Å²) in [5.74, 6) is -0.136. The third kappa shape index (κ3) is 2.92. The molecule has 0 aliphatic carbocycles. The lowest BCUT2D eigenvalue weighted by Crippen LogP contribution is -1.99. The fourth-order valence-electron chi connectivity index (χ4n) is 1.09. The van der Waals surface area contributed by atoms with Crippen molar-refractivity contribution in [2.24, 2.45) is 0 Å². The summed E-state index contributed by atoms with van der Waals surface area (Å²) in [6, 6.07) is 7.01. The van der Waals surface area contributed by atoms with Crippen LogP contribution in [0.1, 0.15) is 25.1 Å². The highest BCUT2D eigenvalue weighted by Gasteiger charge is 2.14. The highest BCUT2D eigenvalue weighted by molar-refractivity contribution is 9.10. The molecule has 0 N–H and O–H groups in total. The predicted molar refractivity (Wildman–Crippen MR) is 53.3 cm³/mol. The lowest BCUT2D eigenvalue weighted by molar-refractivity contribution is -0.118. The maximum Gasteiger partial charge on any atom is 0.133 e. The van der Waals surface area contributed by atoms with Gasteiger partial charge in [-0.3, -0.25) is 4.79 Å². The maximum atomic E-state index is 13.4. The number of ketones is 1. The number of Topliss-reactive ketones (excluding diaryl/α,β-unsaturated/α-hetero) is 1. The molecule has 1 atom stereocenters. The van der Waals surface area contributed by atoms with Crippen LogP contribution in [0.3, 0.4) is 0 Å². The zero-order valence-electron chi connectivity index (χ0n) is 7.26. The SMILES string of the molecule is CC(=O)CC(F)c1ccccc1Br. The monoisotopic (exact) mass is 244 g/mol. The molecule has 0 saturated heterocycles. The molecule has 0 aliphatic rings. The van der Waals surface area contributed by atoms with E-state index in [0.717, 1.165) is 0 Å². The number of hydrogen-bond donors (Lipinski definition) is 0. The number of carbonyl (C=O) groups excluding carboxylic acids is 1. The van der Waals surface area contributed by atoms with E-state index in [1.165, 1.54) is 6.92 Å². The molecule has 0 amide bonds. The van der Waals surface area contributed by atoms with Gasteiger partial charge in [0.1, 0.15) is 12.0 Å². The van der Waals surface area contributed by atoms with Gasteiger partial charge in [-0.25, -0.2) is 4.39 Å². The molecule has 3 heteroatoms. The minimum atomic E-state index is -1.20. The first-order chi connectivity index (χ1) is 6.11. The van der Waals surface area contributed by atoms with Crippen LogP contribution in [-0.4, -0.2) is 5.78 Å². The molecule has 0 heterocycles. The fourth-order valence-corrected chi connectivity index (χ4v) is 1.62. The molecule has 0 bridgehead atoms. The van der Waals surface area contributed by atoms with Crippen LogP contribution in [0.15, 0.2) is 28.7 Å². The summed E-state index contributed by atoms with van der Waals surface area (Å²) in [5.41, 5.74) is 0.540. The molecule has 1 unspecified atom stereocenters. The highest BCUT2D eigenvalue weighted by Crippen LogP contribution is 2.28. The summed E-state index contributed by atoms with van der Waals surface area (Å²) in [4.78, 5) is 10.7. The lowest BCUT2D eigenvalue weighted by atomic mass is 10.1. The van der Waals surface area contributed by atoms with Crippen LogP contribution in [0.2, 0.25) is 0 Å². The predicted octanol–water partition coefficient (Wildman–Crippen LogP) is 3.44. The molecule has 1 aromatic carbocycles. The van der Waals surface area contributed by atoms with Gasteiger partial charge in [0.15, 0.2) is 0 Å². The van der Waals surface area contributed by atoms with Crippen LogP contribution in [-0.2, 0) is 4.79 Å². The second-order valence-electron chi connectivity index (χ2n) is 2.90. The maximum absolute atomic E-state index is 13.4. The van der Waals surface area contributed by atoms with Crippen molar-refractivity contribution in [3.63, 3.8) is 0 Å². The molecule has 1 rings (SSSR count). The molecule has 1 nitrogen and oxygen atoms in total. The van der Waals surface area contributed by atoms with E-state index in [4.69, 9.17) is 0 Å². The second kappa shape index (κ2) is 4.51. The molecule has 1 aromatic rings. The molecule has 0 spiro atoms. The molecular weight excluding hydrogens is 235 g/mol. The lowest BCUT2D eigenvalue weighted by Gasteiger charge is -2.07. The molecule has 0 saturated carbocycles. The van der Waals surface area contributed by atoms with E-state index in [0.29, 0.717) is 10.0 Å². The van der Waals surface area contributed by atoms with Gasteiger partial charge in [-0.15, -0.1) is 0 Å². The van der Waals surface area contributed by atoms with Crippen molar-refractivity contribution < 1.29 is 9.18 Å². The summed E-state index contributed by atoms with van der Waals surface area (Å²) < 4.78 is 14.1. The number of alkyl halides is 1. The first kappa shape index (κ1) is 10.4. The molecule has 70 valence electrons. The number of carbonyl (C=O) groups is 1. The van der Waals surface area contributed by atoms with Crippen molar-refractivity contribution in [1.29, 1.82) is 0 Å². The van der Waals surface area contributed by atoms with Crippen LogP contribution in [0, 0.1) is 0 Å². The van der Waals surface area contributed by atoms with Crippen molar-refractivity contribution in [2.75, 3.05) is 0 Å². The first-order valence-corrected chi connectivity index (χ1v) is 4.78. The van der Waals surface area contributed by atoms with Crippen molar-refractivity contribution in [2.45, 2.75) is 19.5 Å². The fraction of sp³-hybridized carbons (Fsp3) is 0.300. The third-order valence-corrected chi connectivity index (χ3v) is 2.43. The van der Waals surface area contributed by atoms with Gasteiger partial charge >= 0.3 is 0 Å². The Labute approximate surface area is 85.1 Å². The summed E-state index contributed by atoms with van der Waals surface area (Å²) in [6.45, 7) is 1.39. The van der Waals surface area contributed by atoms with Gasteiger partial charge in [0.2, 0.25) is 0 Å². The standard InChI is InChI=1S/C10H10BrFO/c1-7(13)6-10(12)8-4-2-3-5-9(8)11/h2-5,10H,6H2,1H3. The average molecular weight is 245 g/mol. The van der Waals surface area contributed by atoms with Gasteiger partial charge in [0.25, 0.3) is 0 Å². The van der Waals surface area contributed by atoms with E-state index in [9.17, 15) is 9.18 Å². The van der Waals surface area contributed by atoms with Crippen molar-refractivity contribution in [1.82, 2.24) is 0 Å². The van der Waals surface area contributed by atoms with Crippen molar-refractivity contribution >= 4 is 21.7 Å². The van der Waals surface area contributed by atoms with Crippen LogP contribution in [0.4, 0.5) is 4.39 Å².